The molecule has 2 atom stereocenters. The molecule has 0 radical (unpaired) electrons. The lowest BCUT2D eigenvalue weighted by Crippen LogP contribution is -2.33. The van der Waals surface area contributed by atoms with E-state index in [4.69, 9.17) is 4.74 Å². The zero-order valence-corrected chi connectivity index (χ0v) is 11.8. The molecular formula is C13H20BrNO. The first kappa shape index (κ1) is 13.7. The molecule has 0 saturated heterocycles. The molecule has 1 N–H and O–H groups in total. The SMILES string of the molecule is CCC(NC(C)COC)c1ccccc1Br. The Bertz CT molecular complexity index is 317. The number of ether oxygens (including phenoxy) is 1. The van der Waals surface area contributed by atoms with E-state index in [-0.39, 0.29) is 0 Å². The van der Waals surface area contributed by atoms with E-state index in [0.717, 1.165) is 13.0 Å². The summed E-state index contributed by atoms with van der Waals surface area (Å²) in [4.78, 5) is 0. The van der Waals surface area contributed by atoms with Gasteiger partial charge < -0.3 is 10.1 Å². The number of hydrogen-bond acceptors (Lipinski definition) is 2. The fraction of sp³-hybridized carbons (Fsp3) is 0.538. The Kier molecular flexibility index (Phi) is 6.03. The first-order valence-electron chi connectivity index (χ1n) is 5.68. The second kappa shape index (κ2) is 7.05. The molecule has 3 heteroatoms. The van der Waals surface area contributed by atoms with Gasteiger partial charge in [-0.2, -0.15) is 0 Å². The van der Waals surface area contributed by atoms with E-state index < -0.39 is 0 Å². The van der Waals surface area contributed by atoms with Crippen molar-refractivity contribution in [3.63, 3.8) is 0 Å². The van der Waals surface area contributed by atoms with Gasteiger partial charge in [0.2, 0.25) is 0 Å². The van der Waals surface area contributed by atoms with Crippen LogP contribution >= 0.6 is 15.9 Å². The Morgan fingerprint density at radius 3 is 2.62 bits per heavy atom. The van der Waals surface area contributed by atoms with E-state index in [1.165, 1.54) is 10.0 Å². The van der Waals surface area contributed by atoms with Gasteiger partial charge in [-0.15, -0.1) is 0 Å². The fourth-order valence-corrected chi connectivity index (χ4v) is 2.39. The lowest BCUT2D eigenvalue weighted by Gasteiger charge is -2.23. The molecule has 0 aliphatic heterocycles. The maximum atomic E-state index is 5.14. The third kappa shape index (κ3) is 3.89. The van der Waals surface area contributed by atoms with E-state index >= 15 is 0 Å². The highest BCUT2D eigenvalue weighted by Crippen LogP contribution is 2.25. The summed E-state index contributed by atoms with van der Waals surface area (Å²) in [7, 11) is 1.73. The average molecular weight is 286 g/mol. The van der Waals surface area contributed by atoms with E-state index in [9.17, 15) is 0 Å². The van der Waals surface area contributed by atoms with Crippen molar-refractivity contribution in [2.75, 3.05) is 13.7 Å². The van der Waals surface area contributed by atoms with Crippen LogP contribution in [0.25, 0.3) is 0 Å². The Morgan fingerprint density at radius 1 is 1.38 bits per heavy atom. The Morgan fingerprint density at radius 2 is 2.06 bits per heavy atom. The van der Waals surface area contributed by atoms with Crippen molar-refractivity contribution >= 4 is 15.9 Å². The predicted molar refractivity (Wildman–Crippen MR) is 71.6 cm³/mol. The van der Waals surface area contributed by atoms with E-state index in [1.807, 2.05) is 6.07 Å². The number of methoxy groups -OCH3 is 1. The van der Waals surface area contributed by atoms with Crippen molar-refractivity contribution in [2.45, 2.75) is 32.4 Å². The van der Waals surface area contributed by atoms with E-state index in [1.54, 1.807) is 7.11 Å². The maximum Gasteiger partial charge on any atom is 0.0613 e. The van der Waals surface area contributed by atoms with Crippen molar-refractivity contribution in [3.8, 4) is 0 Å². The maximum absolute atomic E-state index is 5.14. The summed E-state index contributed by atoms with van der Waals surface area (Å²) < 4.78 is 6.31. The highest BCUT2D eigenvalue weighted by Gasteiger charge is 2.14. The van der Waals surface area contributed by atoms with Crippen LogP contribution < -0.4 is 5.32 Å². The molecule has 0 aliphatic carbocycles. The minimum Gasteiger partial charge on any atom is -0.383 e. The van der Waals surface area contributed by atoms with Crippen LogP contribution in [0, 0.1) is 0 Å². The van der Waals surface area contributed by atoms with Gasteiger partial charge in [0.1, 0.15) is 0 Å². The summed E-state index contributed by atoms with van der Waals surface area (Å²) in [5, 5.41) is 3.57. The van der Waals surface area contributed by atoms with Gasteiger partial charge >= 0.3 is 0 Å². The van der Waals surface area contributed by atoms with Crippen LogP contribution in [0.2, 0.25) is 0 Å². The molecule has 0 bridgehead atoms. The molecule has 90 valence electrons. The zero-order chi connectivity index (χ0) is 12.0. The lowest BCUT2D eigenvalue weighted by molar-refractivity contribution is 0.166. The van der Waals surface area contributed by atoms with Crippen LogP contribution in [-0.2, 0) is 4.74 Å². The number of halogens is 1. The van der Waals surface area contributed by atoms with Crippen molar-refractivity contribution in [1.82, 2.24) is 5.32 Å². The van der Waals surface area contributed by atoms with Crippen LogP contribution in [0.4, 0.5) is 0 Å². The fourth-order valence-electron chi connectivity index (χ4n) is 1.83. The van der Waals surface area contributed by atoms with Crippen LogP contribution in [0.15, 0.2) is 28.7 Å². The summed E-state index contributed by atoms with van der Waals surface area (Å²) in [6, 6.07) is 9.10. The smallest absolute Gasteiger partial charge is 0.0613 e. The normalized spacial score (nSPS) is 14.8. The summed E-state index contributed by atoms with van der Waals surface area (Å²) in [6.45, 7) is 5.07. The van der Waals surface area contributed by atoms with Gasteiger partial charge in [-0.1, -0.05) is 41.1 Å². The second-order valence-electron chi connectivity index (χ2n) is 4.01. The third-order valence-corrected chi connectivity index (χ3v) is 3.31. The lowest BCUT2D eigenvalue weighted by atomic mass is 10.0. The highest BCUT2D eigenvalue weighted by atomic mass is 79.9. The third-order valence-electron chi connectivity index (χ3n) is 2.59. The van der Waals surface area contributed by atoms with Crippen LogP contribution in [0.3, 0.4) is 0 Å². The molecule has 0 amide bonds. The van der Waals surface area contributed by atoms with Gasteiger partial charge in [-0.25, -0.2) is 0 Å². The Balaban J connectivity index is 2.71. The first-order valence-corrected chi connectivity index (χ1v) is 6.47. The summed E-state index contributed by atoms with van der Waals surface area (Å²) in [5.41, 5.74) is 1.31. The zero-order valence-electron chi connectivity index (χ0n) is 10.2. The van der Waals surface area contributed by atoms with Crippen molar-refractivity contribution in [2.24, 2.45) is 0 Å². The van der Waals surface area contributed by atoms with Crippen LogP contribution in [0.1, 0.15) is 31.9 Å². The summed E-state index contributed by atoms with van der Waals surface area (Å²) in [6.07, 6.45) is 1.07. The molecule has 2 nitrogen and oxygen atoms in total. The van der Waals surface area contributed by atoms with Crippen molar-refractivity contribution < 1.29 is 4.74 Å². The molecule has 0 aliphatic rings. The monoisotopic (exact) mass is 285 g/mol. The molecule has 0 aromatic heterocycles. The minimum absolute atomic E-state index is 0.363. The summed E-state index contributed by atoms with van der Waals surface area (Å²) in [5.74, 6) is 0. The summed E-state index contributed by atoms with van der Waals surface area (Å²) >= 11 is 3.60. The molecule has 1 rings (SSSR count). The molecule has 16 heavy (non-hydrogen) atoms. The van der Waals surface area contributed by atoms with Gasteiger partial charge in [-0.3, -0.25) is 0 Å². The largest absolute Gasteiger partial charge is 0.383 e. The van der Waals surface area contributed by atoms with Crippen LogP contribution in [-0.4, -0.2) is 19.8 Å². The topological polar surface area (TPSA) is 21.3 Å². The first-order chi connectivity index (χ1) is 7.69. The average Bonchev–Trinajstić information content (AvgIpc) is 2.27. The minimum atomic E-state index is 0.363. The van der Waals surface area contributed by atoms with E-state index in [2.05, 4.69) is 53.3 Å². The molecule has 0 saturated carbocycles. The number of rotatable bonds is 6. The van der Waals surface area contributed by atoms with Gasteiger partial charge in [-0.05, 0) is 25.0 Å². The van der Waals surface area contributed by atoms with Gasteiger partial charge in [0, 0.05) is 23.7 Å². The predicted octanol–water partition coefficient (Wildman–Crippen LogP) is 3.52. The molecule has 0 heterocycles. The van der Waals surface area contributed by atoms with Gasteiger partial charge in [0.25, 0.3) is 0 Å². The van der Waals surface area contributed by atoms with Gasteiger partial charge in [0.15, 0.2) is 0 Å². The van der Waals surface area contributed by atoms with Gasteiger partial charge in [0.05, 0.1) is 6.61 Å². The van der Waals surface area contributed by atoms with Crippen LogP contribution in [0.5, 0.6) is 0 Å². The standard InChI is InChI=1S/C13H20BrNO/c1-4-13(15-10(2)9-16-3)11-7-5-6-8-12(11)14/h5-8,10,13,15H,4,9H2,1-3H3. The molecule has 1 aromatic rings. The molecule has 0 spiro atoms. The molecular weight excluding hydrogens is 266 g/mol. The number of hydrogen-bond donors (Lipinski definition) is 1. The molecule has 0 fully saturated rings. The number of benzene rings is 1. The second-order valence-corrected chi connectivity index (χ2v) is 4.86. The van der Waals surface area contributed by atoms with Crippen molar-refractivity contribution in [3.05, 3.63) is 34.3 Å². The van der Waals surface area contributed by atoms with E-state index in [0.29, 0.717) is 12.1 Å². The molecule has 1 aromatic carbocycles. The Hall–Kier alpha value is -0.380. The Labute approximate surface area is 107 Å². The quantitative estimate of drug-likeness (QED) is 0.864. The molecule has 2 unspecified atom stereocenters. The number of nitrogens with one attached hydrogen (secondary N) is 1. The highest BCUT2D eigenvalue weighted by molar-refractivity contribution is 9.10. The van der Waals surface area contributed by atoms with Crippen molar-refractivity contribution in [1.29, 1.82) is 0 Å².